The van der Waals surface area contributed by atoms with Crippen LogP contribution in [0, 0.1) is 17.8 Å². The second kappa shape index (κ2) is 11.2. The molecule has 0 aromatic rings. The van der Waals surface area contributed by atoms with Gasteiger partial charge in [0, 0.05) is 0 Å². The number of hydrogen-bond donors (Lipinski definition) is 0. The van der Waals surface area contributed by atoms with Crippen LogP contribution in [0.25, 0.3) is 0 Å². The molecule has 0 heterocycles. The number of carbonyl (C=O) groups is 1. The third-order valence-electron chi connectivity index (χ3n) is 4.68. The number of esters is 1. The van der Waals surface area contributed by atoms with Gasteiger partial charge in [0.25, 0.3) is 0 Å². The number of alkyl halides is 17. The van der Waals surface area contributed by atoms with Gasteiger partial charge < -0.3 is 4.74 Å². The molecule has 3 unspecified atom stereocenters. The topological polar surface area (TPSA) is 44.8 Å². The van der Waals surface area contributed by atoms with Gasteiger partial charge in [-0.3, -0.25) is 14.3 Å². The molecule has 21 heteroatoms. The standard InChI is InChI=1S/C18H19F17O4/c1-7(2)5-9(8(3)4)10(36)37-6-11(19,14(23,24)25)38-18(34,35)13(22,16(29,30)31)39-17(32,33)12(20,21)15(26,27)28/h7-9H,5-6H2,1-4H3. The Morgan fingerprint density at radius 1 is 0.615 bits per heavy atom. The molecule has 0 spiro atoms. The van der Waals surface area contributed by atoms with E-state index in [0.717, 1.165) is 0 Å². The fourth-order valence-electron chi connectivity index (χ4n) is 2.55. The van der Waals surface area contributed by atoms with Gasteiger partial charge in [-0.15, -0.1) is 0 Å². The summed E-state index contributed by atoms with van der Waals surface area (Å²) in [4.78, 5) is 12.0. The van der Waals surface area contributed by atoms with Crippen molar-refractivity contribution in [2.45, 2.75) is 82.5 Å². The lowest BCUT2D eigenvalue weighted by Crippen LogP contribution is -2.67. The summed E-state index contributed by atoms with van der Waals surface area (Å²) >= 11 is 0. The van der Waals surface area contributed by atoms with Crippen LogP contribution in [0.15, 0.2) is 0 Å². The van der Waals surface area contributed by atoms with Crippen molar-refractivity contribution in [3.8, 4) is 0 Å². The first-order valence-electron chi connectivity index (χ1n) is 10.1. The molecule has 0 aliphatic carbocycles. The molecule has 0 saturated heterocycles. The van der Waals surface area contributed by atoms with E-state index >= 15 is 0 Å². The minimum absolute atomic E-state index is 0.184. The maximum absolute atomic E-state index is 14.4. The Bertz CT molecular complexity index is 833. The maximum atomic E-state index is 14.4. The van der Waals surface area contributed by atoms with Gasteiger partial charge in [-0.05, 0) is 18.3 Å². The summed E-state index contributed by atoms with van der Waals surface area (Å²) in [7, 11) is 0. The van der Waals surface area contributed by atoms with Gasteiger partial charge in [0.05, 0.1) is 5.92 Å². The van der Waals surface area contributed by atoms with Crippen LogP contribution in [0.4, 0.5) is 74.6 Å². The van der Waals surface area contributed by atoms with Crippen LogP contribution in [-0.4, -0.2) is 61.0 Å². The second-order valence-corrected chi connectivity index (χ2v) is 8.72. The van der Waals surface area contributed by atoms with E-state index in [0.29, 0.717) is 0 Å². The SMILES string of the molecule is CC(C)CC(C(=O)OCC(F)(OC(F)(F)C(F)(OC(F)(F)C(F)(F)C(F)(F)F)C(F)(F)F)C(F)(F)F)C(C)C. The predicted octanol–water partition coefficient (Wildman–Crippen LogP) is 7.72. The van der Waals surface area contributed by atoms with Crippen LogP contribution >= 0.6 is 0 Å². The highest BCUT2D eigenvalue weighted by atomic mass is 19.4. The Labute approximate surface area is 207 Å². The average molecular weight is 622 g/mol. The first-order valence-corrected chi connectivity index (χ1v) is 10.1. The van der Waals surface area contributed by atoms with Crippen LogP contribution in [0.1, 0.15) is 34.1 Å². The van der Waals surface area contributed by atoms with Gasteiger partial charge in [-0.1, -0.05) is 27.7 Å². The minimum atomic E-state index is -7.98. The molecule has 0 N–H and O–H groups in total. The third kappa shape index (κ3) is 7.90. The molecule has 234 valence electrons. The van der Waals surface area contributed by atoms with E-state index < -0.39 is 78.7 Å². The smallest absolute Gasteiger partial charge is 0.459 e. The van der Waals surface area contributed by atoms with Crippen LogP contribution < -0.4 is 0 Å². The fourth-order valence-corrected chi connectivity index (χ4v) is 2.55. The fraction of sp³-hybridized carbons (Fsp3) is 0.944. The Hall–Kier alpha value is -1.80. The van der Waals surface area contributed by atoms with Crippen molar-refractivity contribution in [1.82, 2.24) is 0 Å². The summed E-state index contributed by atoms with van der Waals surface area (Å²) in [5.74, 6) is -26.6. The molecule has 0 amide bonds. The van der Waals surface area contributed by atoms with Crippen molar-refractivity contribution in [3.63, 3.8) is 0 Å². The molecule has 0 fully saturated rings. The Kier molecular flexibility index (Phi) is 10.7. The molecule has 0 saturated carbocycles. The van der Waals surface area contributed by atoms with Gasteiger partial charge in [-0.2, -0.15) is 74.6 Å². The molecular formula is C18H19F17O4. The molecule has 0 aliphatic heterocycles. The monoisotopic (exact) mass is 622 g/mol. The van der Waals surface area contributed by atoms with Crippen LogP contribution in [0.5, 0.6) is 0 Å². The highest BCUT2D eigenvalue weighted by Gasteiger charge is 2.85. The van der Waals surface area contributed by atoms with Crippen molar-refractivity contribution in [3.05, 3.63) is 0 Å². The number of carbonyl (C=O) groups excluding carboxylic acids is 1. The van der Waals surface area contributed by atoms with Crippen molar-refractivity contribution < 1.29 is 93.6 Å². The van der Waals surface area contributed by atoms with Gasteiger partial charge in [0.2, 0.25) is 0 Å². The van der Waals surface area contributed by atoms with E-state index in [1.165, 1.54) is 32.4 Å². The highest BCUT2D eigenvalue weighted by Crippen LogP contribution is 2.56. The molecular weight excluding hydrogens is 603 g/mol. The zero-order valence-corrected chi connectivity index (χ0v) is 19.7. The Morgan fingerprint density at radius 2 is 1.05 bits per heavy atom. The van der Waals surface area contributed by atoms with E-state index in [2.05, 4.69) is 9.47 Å². The van der Waals surface area contributed by atoms with Crippen LogP contribution in [0.3, 0.4) is 0 Å². The highest BCUT2D eigenvalue weighted by molar-refractivity contribution is 5.72. The molecule has 0 aliphatic rings. The van der Waals surface area contributed by atoms with E-state index in [9.17, 15) is 79.4 Å². The number of halogens is 17. The number of hydrogen-bond acceptors (Lipinski definition) is 4. The van der Waals surface area contributed by atoms with E-state index in [1.807, 2.05) is 0 Å². The average Bonchev–Trinajstić information content (AvgIpc) is 2.66. The molecule has 0 rings (SSSR count). The molecule has 4 nitrogen and oxygen atoms in total. The molecule has 3 atom stereocenters. The lowest BCUT2D eigenvalue weighted by molar-refractivity contribution is -0.552. The number of rotatable bonds is 12. The molecule has 0 radical (unpaired) electrons. The summed E-state index contributed by atoms with van der Waals surface area (Å²) in [5, 5.41) is 0. The zero-order valence-electron chi connectivity index (χ0n) is 19.7. The van der Waals surface area contributed by atoms with Crippen LogP contribution in [0.2, 0.25) is 0 Å². The summed E-state index contributed by atoms with van der Waals surface area (Å²) in [6, 6.07) is 0. The van der Waals surface area contributed by atoms with E-state index in [-0.39, 0.29) is 6.42 Å². The third-order valence-corrected chi connectivity index (χ3v) is 4.68. The van der Waals surface area contributed by atoms with Gasteiger partial charge >= 0.3 is 54.3 Å². The molecule has 39 heavy (non-hydrogen) atoms. The van der Waals surface area contributed by atoms with Gasteiger partial charge in [0.1, 0.15) is 0 Å². The Morgan fingerprint density at radius 3 is 1.36 bits per heavy atom. The van der Waals surface area contributed by atoms with Gasteiger partial charge in [-0.25, -0.2) is 0 Å². The summed E-state index contributed by atoms with van der Waals surface area (Å²) in [5.41, 5.74) is 0. The van der Waals surface area contributed by atoms with Gasteiger partial charge in [0.15, 0.2) is 6.61 Å². The minimum Gasteiger partial charge on any atom is -0.459 e. The molecule has 0 aromatic heterocycles. The quantitative estimate of drug-likeness (QED) is 0.165. The Balaban J connectivity index is 6.55. The summed E-state index contributed by atoms with van der Waals surface area (Å²) < 4.78 is 231. The first-order chi connectivity index (χ1) is 16.8. The lowest BCUT2D eigenvalue weighted by atomic mass is 9.88. The summed E-state index contributed by atoms with van der Waals surface area (Å²) in [6.45, 7) is 2.37. The van der Waals surface area contributed by atoms with Crippen molar-refractivity contribution in [1.29, 1.82) is 0 Å². The van der Waals surface area contributed by atoms with Crippen molar-refractivity contribution >= 4 is 5.97 Å². The number of ether oxygens (including phenoxy) is 3. The van der Waals surface area contributed by atoms with Crippen molar-refractivity contribution in [2.24, 2.45) is 17.8 Å². The van der Waals surface area contributed by atoms with E-state index in [4.69, 9.17) is 0 Å². The van der Waals surface area contributed by atoms with Crippen molar-refractivity contribution in [2.75, 3.05) is 6.61 Å². The zero-order chi connectivity index (χ0) is 31.8. The summed E-state index contributed by atoms with van der Waals surface area (Å²) in [6.07, 6.45) is -38.3. The second-order valence-electron chi connectivity index (χ2n) is 8.72. The first kappa shape index (κ1) is 37.2. The lowest BCUT2D eigenvalue weighted by Gasteiger charge is -2.40. The normalized spacial score (nSPS) is 18.6. The molecule has 0 aromatic carbocycles. The largest absolute Gasteiger partial charge is 0.462 e. The molecule has 0 bridgehead atoms. The van der Waals surface area contributed by atoms with Crippen LogP contribution in [-0.2, 0) is 19.0 Å². The predicted molar refractivity (Wildman–Crippen MR) is 91.6 cm³/mol. The van der Waals surface area contributed by atoms with E-state index in [1.54, 1.807) is 0 Å². The maximum Gasteiger partial charge on any atom is 0.462 e.